The van der Waals surface area contributed by atoms with Crippen molar-refractivity contribution in [3.63, 3.8) is 0 Å². The summed E-state index contributed by atoms with van der Waals surface area (Å²) in [5, 5.41) is 17.1. The van der Waals surface area contributed by atoms with Crippen molar-refractivity contribution in [3.8, 4) is 6.07 Å². The number of hydrogen-bond acceptors (Lipinski definition) is 3. The number of aliphatic hydroxyl groups excluding tert-OH is 1. The topological polar surface area (TPSA) is 70.0 Å². The zero-order valence-corrected chi connectivity index (χ0v) is 7.57. The van der Waals surface area contributed by atoms with E-state index in [2.05, 4.69) is 0 Å². The van der Waals surface area contributed by atoms with Crippen LogP contribution in [0.2, 0.25) is 0 Å². The second-order valence-electron chi connectivity index (χ2n) is 2.98. The van der Waals surface area contributed by atoms with Crippen molar-refractivity contribution in [2.45, 2.75) is 19.1 Å². The van der Waals surface area contributed by atoms with Crippen LogP contribution in [0.25, 0.3) is 0 Å². The van der Waals surface area contributed by atoms with Gasteiger partial charge in [-0.15, -0.1) is 0 Å². The molecule has 0 fully saturated rings. The van der Waals surface area contributed by atoms with Crippen LogP contribution < -0.4 is 5.73 Å². The predicted octanol–water partition coefficient (Wildman–Crippen LogP) is 1.23. The average molecular weight is 194 g/mol. The number of hydrogen-bond donors (Lipinski definition) is 2. The van der Waals surface area contributed by atoms with E-state index in [0.717, 1.165) is 0 Å². The summed E-state index contributed by atoms with van der Waals surface area (Å²) in [6.45, 7) is -0.334. The van der Waals surface area contributed by atoms with E-state index in [1.165, 1.54) is 12.1 Å². The first-order chi connectivity index (χ1) is 6.69. The second-order valence-corrected chi connectivity index (χ2v) is 2.98. The molecule has 0 aliphatic rings. The average Bonchev–Trinajstić information content (AvgIpc) is 2.18. The van der Waals surface area contributed by atoms with Crippen LogP contribution in [0, 0.1) is 17.1 Å². The van der Waals surface area contributed by atoms with Crippen molar-refractivity contribution >= 4 is 0 Å². The molecule has 0 spiro atoms. The molecule has 0 radical (unpaired) electrons. The minimum Gasteiger partial charge on any atom is -0.392 e. The molecular formula is C10H11FN2O. The summed E-state index contributed by atoms with van der Waals surface area (Å²) in [4.78, 5) is 0. The summed E-state index contributed by atoms with van der Waals surface area (Å²) < 4.78 is 13.2. The summed E-state index contributed by atoms with van der Waals surface area (Å²) >= 11 is 0. The Bertz CT molecular complexity index is 360. The maximum atomic E-state index is 13.2. The van der Waals surface area contributed by atoms with E-state index in [0.29, 0.717) is 5.56 Å². The highest BCUT2D eigenvalue weighted by molar-refractivity contribution is 5.26. The van der Waals surface area contributed by atoms with Gasteiger partial charge in [-0.25, -0.2) is 4.39 Å². The van der Waals surface area contributed by atoms with Gasteiger partial charge in [0.05, 0.1) is 19.1 Å². The number of benzene rings is 1. The van der Waals surface area contributed by atoms with E-state index < -0.39 is 11.9 Å². The minimum atomic E-state index is -0.488. The Labute approximate surface area is 81.6 Å². The molecule has 0 aliphatic heterocycles. The Morgan fingerprint density at radius 3 is 2.79 bits per heavy atom. The Kier molecular flexibility index (Phi) is 3.57. The Balaban J connectivity index is 2.92. The van der Waals surface area contributed by atoms with Gasteiger partial charge < -0.3 is 10.8 Å². The van der Waals surface area contributed by atoms with Crippen LogP contribution in [0.5, 0.6) is 0 Å². The number of nitrogens with two attached hydrogens (primary N) is 1. The summed E-state index contributed by atoms with van der Waals surface area (Å²) in [5.74, 6) is -0.488. The van der Waals surface area contributed by atoms with Crippen molar-refractivity contribution in [2.75, 3.05) is 0 Å². The molecule has 3 N–H and O–H groups in total. The lowest BCUT2D eigenvalue weighted by atomic mass is 10.0. The first-order valence-corrected chi connectivity index (χ1v) is 4.20. The number of aliphatic hydroxyl groups is 1. The fraction of sp³-hybridized carbons (Fsp3) is 0.300. The molecule has 0 heterocycles. The first kappa shape index (κ1) is 10.6. The Morgan fingerprint density at radius 2 is 2.29 bits per heavy atom. The van der Waals surface area contributed by atoms with Gasteiger partial charge in [-0.05, 0) is 11.6 Å². The van der Waals surface area contributed by atoms with Gasteiger partial charge in [0, 0.05) is 11.6 Å². The fourth-order valence-electron chi connectivity index (χ4n) is 1.14. The highest BCUT2D eigenvalue weighted by atomic mass is 19.1. The molecule has 1 aromatic rings. The van der Waals surface area contributed by atoms with Gasteiger partial charge in [0.1, 0.15) is 5.82 Å². The van der Waals surface area contributed by atoms with Gasteiger partial charge in [0.15, 0.2) is 0 Å². The molecule has 1 aromatic carbocycles. The highest BCUT2D eigenvalue weighted by Gasteiger charge is 2.08. The number of nitriles is 1. The second kappa shape index (κ2) is 4.70. The molecule has 0 aromatic heterocycles. The van der Waals surface area contributed by atoms with Gasteiger partial charge in [-0.1, -0.05) is 12.1 Å². The largest absolute Gasteiger partial charge is 0.392 e. The monoisotopic (exact) mass is 194 g/mol. The van der Waals surface area contributed by atoms with Crippen LogP contribution in [-0.4, -0.2) is 5.11 Å². The van der Waals surface area contributed by atoms with Crippen LogP contribution in [0.15, 0.2) is 18.2 Å². The molecule has 14 heavy (non-hydrogen) atoms. The van der Waals surface area contributed by atoms with Crippen molar-refractivity contribution in [1.29, 1.82) is 5.26 Å². The third kappa shape index (κ3) is 2.28. The maximum Gasteiger partial charge on any atom is 0.129 e. The molecule has 0 amide bonds. The molecule has 4 heteroatoms. The van der Waals surface area contributed by atoms with E-state index in [1.54, 1.807) is 6.07 Å². The molecule has 0 aliphatic carbocycles. The zero-order chi connectivity index (χ0) is 10.6. The quantitative estimate of drug-likeness (QED) is 0.760. The van der Waals surface area contributed by atoms with E-state index in [4.69, 9.17) is 16.1 Å². The number of halogens is 1. The minimum absolute atomic E-state index is 0.151. The van der Waals surface area contributed by atoms with Crippen LogP contribution >= 0.6 is 0 Å². The maximum absolute atomic E-state index is 13.2. The van der Waals surface area contributed by atoms with Crippen molar-refractivity contribution < 1.29 is 9.50 Å². The van der Waals surface area contributed by atoms with Crippen molar-refractivity contribution in [3.05, 3.63) is 35.1 Å². The van der Waals surface area contributed by atoms with Crippen molar-refractivity contribution in [2.24, 2.45) is 5.73 Å². The lowest BCUT2D eigenvalue weighted by Gasteiger charge is -2.08. The summed E-state index contributed by atoms with van der Waals surface area (Å²) in [6.07, 6.45) is 0.151. The van der Waals surface area contributed by atoms with Gasteiger partial charge in [-0.3, -0.25) is 0 Å². The fourth-order valence-corrected chi connectivity index (χ4v) is 1.14. The highest BCUT2D eigenvalue weighted by Crippen LogP contribution is 2.17. The summed E-state index contributed by atoms with van der Waals surface area (Å²) in [7, 11) is 0. The molecule has 0 saturated heterocycles. The van der Waals surface area contributed by atoms with Gasteiger partial charge in [0.2, 0.25) is 0 Å². The lowest BCUT2D eigenvalue weighted by molar-refractivity contribution is 0.275. The van der Waals surface area contributed by atoms with Crippen LogP contribution in [0.3, 0.4) is 0 Å². The molecule has 0 bridgehead atoms. The molecule has 74 valence electrons. The number of rotatable bonds is 3. The molecule has 0 unspecified atom stereocenters. The van der Waals surface area contributed by atoms with Gasteiger partial charge in [0.25, 0.3) is 0 Å². The molecule has 3 nitrogen and oxygen atoms in total. The van der Waals surface area contributed by atoms with E-state index in [9.17, 15) is 4.39 Å². The van der Waals surface area contributed by atoms with Crippen LogP contribution in [-0.2, 0) is 6.61 Å². The zero-order valence-electron chi connectivity index (χ0n) is 7.57. The van der Waals surface area contributed by atoms with Crippen molar-refractivity contribution in [1.82, 2.24) is 0 Å². The Morgan fingerprint density at radius 1 is 1.57 bits per heavy atom. The normalized spacial score (nSPS) is 12.1. The van der Waals surface area contributed by atoms with E-state index in [1.807, 2.05) is 6.07 Å². The predicted molar refractivity (Wildman–Crippen MR) is 49.5 cm³/mol. The van der Waals surface area contributed by atoms with Crippen LogP contribution in [0.4, 0.5) is 4.39 Å². The van der Waals surface area contributed by atoms with E-state index >= 15 is 0 Å². The summed E-state index contributed by atoms with van der Waals surface area (Å²) in [5.41, 5.74) is 6.42. The van der Waals surface area contributed by atoms with Crippen LogP contribution in [0.1, 0.15) is 23.6 Å². The van der Waals surface area contributed by atoms with Gasteiger partial charge in [-0.2, -0.15) is 5.26 Å². The molecule has 1 atom stereocenters. The van der Waals surface area contributed by atoms with E-state index in [-0.39, 0.29) is 18.6 Å². The Hall–Kier alpha value is -1.44. The standard InChI is InChI=1S/C10H11FN2O/c11-9-5-7(10(13)3-4-12)1-2-8(9)6-14/h1-2,5,10,14H,3,6,13H2/t10-/m1/s1. The first-order valence-electron chi connectivity index (χ1n) is 4.20. The summed E-state index contributed by atoms with van der Waals surface area (Å²) in [6, 6.07) is 5.80. The smallest absolute Gasteiger partial charge is 0.129 e. The van der Waals surface area contributed by atoms with Gasteiger partial charge >= 0.3 is 0 Å². The molecular weight excluding hydrogens is 183 g/mol. The third-order valence-electron chi connectivity index (χ3n) is 1.99. The third-order valence-corrected chi connectivity index (χ3v) is 1.99. The number of nitrogens with zero attached hydrogens (tertiary/aromatic N) is 1. The molecule has 0 saturated carbocycles. The SMILES string of the molecule is N#CC[C@@H](N)c1ccc(CO)c(F)c1. The molecule has 1 rings (SSSR count). The lowest BCUT2D eigenvalue weighted by Crippen LogP contribution is -2.09.